The molecule has 3 heterocycles. The second-order valence-electron chi connectivity index (χ2n) is 12.9. The number of furan rings is 2. The van der Waals surface area contributed by atoms with Crippen LogP contribution >= 0.6 is 0 Å². The van der Waals surface area contributed by atoms with Crippen LogP contribution < -0.4 is 0 Å². The van der Waals surface area contributed by atoms with Gasteiger partial charge in [-0.2, -0.15) is 0 Å². The average Bonchev–Trinajstić information content (AvgIpc) is 3.93. The largest absolute Gasteiger partial charge is 0.455 e. The van der Waals surface area contributed by atoms with Crippen LogP contribution in [0.1, 0.15) is 0 Å². The fourth-order valence-corrected chi connectivity index (χ4v) is 7.82. The summed E-state index contributed by atoms with van der Waals surface area (Å²) in [6, 6.07) is 54.2. The van der Waals surface area contributed by atoms with Crippen molar-refractivity contribution in [3.05, 3.63) is 158 Å². The Balaban J connectivity index is 1.03. The van der Waals surface area contributed by atoms with Gasteiger partial charge in [0.2, 0.25) is 11.8 Å². The average molecular weight is 655 g/mol. The van der Waals surface area contributed by atoms with Crippen molar-refractivity contribution in [3.8, 4) is 45.2 Å². The normalized spacial score (nSPS) is 11.9. The van der Waals surface area contributed by atoms with Crippen LogP contribution in [0.4, 0.5) is 0 Å². The van der Waals surface area contributed by atoms with Crippen LogP contribution in [-0.2, 0) is 0 Å². The molecule has 0 N–H and O–H groups in total. The molecule has 0 aliphatic rings. The van der Waals surface area contributed by atoms with Gasteiger partial charge in [0.25, 0.3) is 0 Å². The minimum absolute atomic E-state index is 0.467. The van der Waals surface area contributed by atoms with E-state index in [1.165, 1.54) is 0 Å². The van der Waals surface area contributed by atoms with E-state index in [1.807, 2.05) is 60.7 Å². The summed E-state index contributed by atoms with van der Waals surface area (Å²) >= 11 is 0. The first-order valence-corrected chi connectivity index (χ1v) is 17.0. The van der Waals surface area contributed by atoms with Gasteiger partial charge in [-0.3, -0.25) is 0 Å². The van der Waals surface area contributed by atoms with Crippen LogP contribution in [0.5, 0.6) is 0 Å². The van der Waals surface area contributed by atoms with Crippen molar-refractivity contribution >= 4 is 65.4 Å². The maximum absolute atomic E-state index is 6.52. The van der Waals surface area contributed by atoms with Crippen LogP contribution in [-0.4, -0.2) is 10.2 Å². The number of fused-ring (bicyclic) bond motifs is 8. The lowest BCUT2D eigenvalue weighted by molar-refractivity contribution is 0.586. The Morgan fingerprint density at radius 2 is 0.588 bits per heavy atom. The molecule has 0 unspecified atom stereocenters. The molecule has 0 fully saturated rings. The van der Waals surface area contributed by atoms with Gasteiger partial charge in [0, 0.05) is 43.8 Å². The highest BCUT2D eigenvalue weighted by molar-refractivity contribution is 6.15. The van der Waals surface area contributed by atoms with Crippen LogP contribution in [0, 0.1) is 0 Å². The van der Waals surface area contributed by atoms with Crippen molar-refractivity contribution in [1.29, 1.82) is 0 Å². The number of nitrogens with zero attached hydrogens (tertiary/aromatic N) is 2. The summed E-state index contributed by atoms with van der Waals surface area (Å²) < 4.78 is 19.4. The van der Waals surface area contributed by atoms with Gasteiger partial charge < -0.3 is 13.3 Å². The first-order valence-electron chi connectivity index (χ1n) is 17.0. The number of hydrogen-bond acceptors (Lipinski definition) is 5. The molecule has 0 radical (unpaired) electrons. The van der Waals surface area contributed by atoms with E-state index in [0.29, 0.717) is 11.8 Å². The van der Waals surface area contributed by atoms with E-state index in [4.69, 9.17) is 13.3 Å². The zero-order valence-corrected chi connectivity index (χ0v) is 27.1. The summed E-state index contributed by atoms with van der Waals surface area (Å²) in [5.74, 6) is 0.935. The van der Waals surface area contributed by atoms with Crippen molar-refractivity contribution in [1.82, 2.24) is 10.2 Å². The van der Waals surface area contributed by atoms with E-state index in [1.54, 1.807) is 0 Å². The molecule has 11 aromatic rings. The second-order valence-corrected chi connectivity index (χ2v) is 12.9. The van der Waals surface area contributed by atoms with E-state index in [2.05, 4.69) is 107 Å². The SMILES string of the molecule is c1ccc2c(c1)oc1c(-c3cccc4c(-c5nnc(-c6cccc7c(-c8cccc9c8oc8ccccc89)cccc67)o5)cccc34)cccc12. The van der Waals surface area contributed by atoms with Gasteiger partial charge in [-0.05, 0) is 56.9 Å². The zero-order valence-electron chi connectivity index (χ0n) is 27.1. The summed E-state index contributed by atoms with van der Waals surface area (Å²) in [4.78, 5) is 0. The minimum Gasteiger partial charge on any atom is -0.455 e. The van der Waals surface area contributed by atoms with E-state index in [0.717, 1.165) is 98.8 Å². The Hall–Kier alpha value is -6.98. The summed E-state index contributed by atoms with van der Waals surface area (Å²) in [6.07, 6.45) is 0. The summed E-state index contributed by atoms with van der Waals surface area (Å²) in [5.41, 5.74) is 9.53. The lowest BCUT2D eigenvalue weighted by Crippen LogP contribution is -1.86. The molecular formula is C46H26N2O3. The van der Waals surface area contributed by atoms with Crippen molar-refractivity contribution in [2.75, 3.05) is 0 Å². The number of rotatable bonds is 4. The molecule has 5 nitrogen and oxygen atoms in total. The lowest BCUT2D eigenvalue weighted by Gasteiger charge is -2.10. The molecule has 51 heavy (non-hydrogen) atoms. The van der Waals surface area contributed by atoms with Crippen molar-refractivity contribution in [2.45, 2.75) is 0 Å². The summed E-state index contributed by atoms with van der Waals surface area (Å²) in [5, 5.41) is 17.8. The van der Waals surface area contributed by atoms with Gasteiger partial charge in [0.05, 0.1) is 0 Å². The highest BCUT2D eigenvalue weighted by Gasteiger charge is 2.20. The summed E-state index contributed by atoms with van der Waals surface area (Å²) in [6.45, 7) is 0. The van der Waals surface area contributed by atoms with Gasteiger partial charge in [0.15, 0.2) is 0 Å². The Bertz CT molecular complexity index is 2950. The third kappa shape index (κ3) is 4.15. The second kappa shape index (κ2) is 10.8. The Morgan fingerprint density at radius 3 is 1.04 bits per heavy atom. The van der Waals surface area contributed by atoms with Crippen LogP contribution in [0.2, 0.25) is 0 Å². The number of para-hydroxylation sites is 4. The highest BCUT2D eigenvalue weighted by Crippen LogP contribution is 2.42. The first kappa shape index (κ1) is 27.9. The molecule has 0 saturated heterocycles. The van der Waals surface area contributed by atoms with E-state index in [-0.39, 0.29) is 0 Å². The number of aromatic nitrogens is 2. The zero-order chi connectivity index (χ0) is 33.5. The molecule has 8 aromatic carbocycles. The monoisotopic (exact) mass is 654 g/mol. The van der Waals surface area contributed by atoms with Crippen molar-refractivity contribution in [2.24, 2.45) is 0 Å². The smallest absolute Gasteiger partial charge is 0.248 e. The number of hydrogen-bond donors (Lipinski definition) is 0. The standard InChI is InChI=1S/C46H26N2O3/c1-3-25-41-33(11-1)37-21-9-19-35(43(37)49-41)29-15-5-17-31-27(29)13-7-23-39(31)45-47-48-46(51-45)40-24-8-14-28-30(16-6-18-32(28)40)36-20-10-22-38-34-12-2-4-26-42(34)50-44(36)38/h1-26H. The predicted octanol–water partition coefficient (Wildman–Crippen LogP) is 12.8. The number of benzene rings is 8. The third-order valence-corrected chi connectivity index (χ3v) is 10.1. The molecule has 0 atom stereocenters. The fraction of sp³-hybridized carbons (Fsp3) is 0. The first-order chi connectivity index (χ1) is 25.3. The molecule has 0 saturated carbocycles. The molecule has 0 amide bonds. The Kier molecular flexibility index (Phi) is 5.89. The molecule has 11 rings (SSSR count). The van der Waals surface area contributed by atoms with Crippen molar-refractivity contribution in [3.63, 3.8) is 0 Å². The maximum atomic E-state index is 6.52. The van der Waals surface area contributed by atoms with Crippen LogP contribution in [0.15, 0.2) is 171 Å². The van der Waals surface area contributed by atoms with Gasteiger partial charge >= 0.3 is 0 Å². The molecular weight excluding hydrogens is 629 g/mol. The van der Waals surface area contributed by atoms with Crippen molar-refractivity contribution < 1.29 is 13.3 Å². The minimum atomic E-state index is 0.467. The molecule has 5 heteroatoms. The van der Waals surface area contributed by atoms with Crippen LogP contribution in [0.25, 0.3) is 111 Å². The maximum Gasteiger partial charge on any atom is 0.248 e. The van der Waals surface area contributed by atoms with E-state index < -0.39 is 0 Å². The topological polar surface area (TPSA) is 65.2 Å². The Labute approximate surface area is 291 Å². The molecule has 0 aliphatic carbocycles. The molecule has 3 aromatic heterocycles. The molecule has 0 aliphatic heterocycles. The van der Waals surface area contributed by atoms with Gasteiger partial charge in [-0.1, -0.05) is 133 Å². The highest BCUT2D eigenvalue weighted by atomic mass is 16.4. The van der Waals surface area contributed by atoms with Gasteiger partial charge in [-0.25, -0.2) is 0 Å². The summed E-state index contributed by atoms with van der Waals surface area (Å²) in [7, 11) is 0. The lowest BCUT2D eigenvalue weighted by atomic mass is 9.94. The molecule has 0 spiro atoms. The van der Waals surface area contributed by atoms with Crippen LogP contribution in [0.3, 0.4) is 0 Å². The molecule has 238 valence electrons. The van der Waals surface area contributed by atoms with E-state index in [9.17, 15) is 0 Å². The quantitative estimate of drug-likeness (QED) is 0.189. The van der Waals surface area contributed by atoms with Gasteiger partial charge in [0.1, 0.15) is 22.3 Å². The van der Waals surface area contributed by atoms with E-state index >= 15 is 0 Å². The Morgan fingerprint density at radius 1 is 0.255 bits per heavy atom. The predicted molar refractivity (Wildman–Crippen MR) is 206 cm³/mol. The third-order valence-electron chi connectivity index (χ3n) is 10.1. The van der Waals surface area contributed by atoms with Gasteiger partial charge in [-0.15, -0.1) is 10.2 Å². The fourth-order valence-electron chi connectivity index (χ4n) is 7.82. The molecule has 0 bridgehead atoms.